The van der Waals surface area contributed by atoms with Gasteiger partial charge in [0.2, 0.25) is 0 Å². The Bertz CT molecular complexity index is 794. The van der Waals surface area contributed by atoms with Crippen LogP contribution in [-0.2, 0) is 28.6 Å². The first kappa shape index (κ1) is 19.5. The molecule has 0 saturated heterocycles. The number of hydrogen-bond acceptors (Lipinski definition) is 2. The van der Waals surface area contributed by atoms with Crippen LogP contribution in [0.25, 0.3) is 0 Å². The summed E-state index contributed by atoms with van der Waals surface area (Å²) in [5, 5.41) is 4.77. The number of aryl methyl sites for hydroxylation is 2. The predicted molar refractivity (Wildman–Crippen MR) is 93.9 cm³/mol. The number of para-hydroxylation sites is 1. The zero-order valence-corrected chi connectivity index (χ0v) is 14.4. The highest BCUT2D eigenvalue weighted by molar-refractivity contribution is 6.43. The first-order chi connectivity index (χ1) is 12.3. The average Bonchev–Trinajstić information content (AvgIpc) is 2.61. The van der Waals surface area contributed by atoms with Crippen LogP contribution in [0.1, 0.15) is 30.5 Å². The molecule has 0 heterocycles. The molecule has 2 aromatic rings. The molecule has 0 aliphatic carbocycles. The summed E-state index contributed by atoms with van der Waals surface area (Å²) in [6.07, 6.45) is -3.20. The average molecular weight is 364 g/mol. The summed E-state index contributed by atoms with van der Waals surface area (Å²) < 4.78 is 38.2. The maximum atomic E-state index is 12.7. The molecule has 26 heavy (non-hydrogen) atoms. The molecule has 0 aromatic heterocycles. The molecular formula is C19H19F3N2O2. The van der Waals surface area contributed by atoms with Crippen molar-refractivity contribution in [3.05, 3.63) is 59.2 Å². The molecule has 0 spiro atoms. The van der Waals surface area contributed by atoms with Crippen LogP contribution in [0.4, 0.5) is 24.5 Å². The summed E-state index contributed by atoms with van der Waals surface area (Å²) >= 11 is 0. The van der Waals surface area contributed by atoms with Crippen molar-refractivity contribution in [2.45, 2.75) is 32.9 Å². The van der Waals surface area contributed by atoms with Crippen molar-refractivity contribution in [1.82, 2.24) is 0 Å². The predicted octanol–water partition coefficient (Wildman–Crippen LogP) is 4.41. The number of rotatable bonds is 4. The molecule has 138 valence electrons. The summed E-state index contributed by atoms with van der Waals surface area (Å²) in [5.74, 6) is -1.96. The fraction of sp³-hybridized carbons (Fsp3) is 0.263. The first-order valence-corrected chi connectivity index (χ1v) is 8.16. The molecule has 0 bridgehead atoms. The Balaban J connectivity index is 2.16. The highest BCUT2D eigenvalue weighted by Crippen LogP contribution is 2.30. The number of carbonyl (C=O) groups excluding carboxylic acids is 2. The Hall–Kier alpha value is -2.83. The van der Waals surface area contributed by atoms with Gasteiger partial charge in [-0.05, 0) is 42.2 Å². The fourth-order valence-electron chi connectivity index (χ4n) is 2.53. The minimum atomic E-state index is -4.53. The van der Waals surface area contributed by atoms with Crippen LogP contribution in [0.2, 0.25) is 0 Å². The van der Waals surface area contributed by atoms with Gasteiger partial charge >= 0.3 is 18.0 Å². The molecule has 4 nitrogen and oxygen atoms in total. The molecule has 0 aliphatic heterocycles. The van der Waals surface area contributed by atoms with E-state index in [0.29, 0.717) is 18.5 Å². The third kappa shape index (κ3) is 4.62. The number of amides is 2. The first-order valence-electron chi connectivity index (χ1n) is 8.16. The summed E-state index contributed by atoms with van der Waals surface area (Å²) in [7, 11) is 0. The van der Waals surface area contributed by atoms with Crippen LogP contribution in [-0.4, -0.2) is 11.8 Å². The Morgan fingerprint density at radius 2 is 1.42 bits per heavy atom. The fourth-order valence-corrected chi connectivity index (χ4v) is 2.53. The monoisotopic (exact) mass is 364 g/mol. The van der Waals surface area contributed by atoms with E-state index < -0.39 is 23.6 Å². The second-order valence-electron chi connectivity index (χ2n) is 5.65. The van der Waals surface area contributed by atoms with E-state index in [4.69, 9.17) is 0 Å². The quantitative estimate of drug-likeness (QED) is 0.790. The van der Waals surface area contributed by atoms with Crippen molar-refractivity contribution < 1.29 is 22.8 Å². The van der Waals surface area contributed by atoms with Gasteiger partial charge in [0.1, 0.15) is 0 Å². The highest BCUT2D eigenvalue weighted by atomic mass is 19.4. The van der Waals surface area contributed by atoms with Crippen molar-refractivity contribution >= 4 is 23.2 Å². The van der Waals surface area contributed by atoms with Crippen molar-refractivity contribution in [1.29, 1.82) is 0 Å². The van der Waals surface area contributed by atoms with E-state index in [1.54, 1.807) is 0 Å². The van der Waals surface area contributed by atoms with Crippen LogP contribution >= 0.6 is 0 Å². The number of hydrogen-bond donors (Lipinski definition) is 2. The van der Waals surface area contributed by atoms with Crippen LogP contribution in [0.5, 0.6) is 0 Å². The van der Waals surface area contributed by atoms with E-state index in [0.717, 1.165) is 29.3 Å². The third-order valence-electron chi connectivity index (χ3n) is 3.89. The van der Waals surface area contributed by atoms with Crippen LogP contribution in [0, 0.1) is 0 Å². The maximum Gasteiger partial charge on any atom is 0.416 e. The molecule has 0 radical (unpaired) electrons. The topological polar surface area (TPSA) is 58.2 Å². The van der Waals surface area contributed by atoms with Crippen molar-refractivity contribution in [3.63, 3.8) is 0 Å². The Morgan fingerprint density at radius 3 is 1.96 bits per heavy atom. The van der Waals surface area contributed by atoms with Gasteiger partial charge in [0, 0.05) is 11.4 Å². The van der Waals surface area contributed by atoms with E-state index in [9.17, 15) is 22.8 Å². The largest absolute Gasteiger partial charge is 0.416 e. The molecule has 7 heteroatoms. The van der Waals surface area contributed by atoms with E-state index in [-0.39, 0.29) is 5.69 Å². The van der Waals surface area contributed by atoms with Gasteiger partial charge in [-0.25, -0.2) is 0 Å². The minimum absolute atomic E-state index is 0.0977. The van der Waals surface area contributed by atoms with Gasteiger partial charge in [-0.1, -0.05) is 38.1 Å². The van der Waals surface area contributed by atoms with Gasteiger partial charge < -0.3 is 10.6 Å². The number of benzene rings is 2. The molecule has 0 unspecified atom stereocenters. The molecule has 2 N–H and O–H groups in total. The van der Waals surface area contributed by atoms with Crippen LogP contribution in [0.15, 0.2) is 42.5 Å². The van der Waals surface area contributed by atoms with E-state index >= 15 is 0 Å². The number of nitrogens with one attached hydrogen (secondary N) is 2. The molecule has 0 atom stereocenters. The smallest absolute Gasteiger partial charge is 0.318 e. The lowest BCUT2D eigenvalue weighted by molar-refractivity contribution is -0.137. The highest BCUT2D eigenvalue weighted by Gasteiger charge is 2.30. The summed E-state index contributed by atoms with van der Waals surface area (Å²) in [6.45, 7) is 3.85. The number of anilines is 2. The zero-order chi connectivity index (χ0) is 19.3. The summed E-state index contributed by atoms with van der Waals surface area (Å²) in [5.41, 5.74) is 1.33. The number of carbonyl (C=O) groups is 2. The molecule has 2 aromatic carbocycles. The van der Waals surface area contributed by atoms with E-state index in [2.05, 4.69) is 10.6 Å². The van der Waals surface area contributed by atoms with Gasteiger partial charge in [0.15, 0.2) is 0 Å². The van der Waals surface area contributed by atoms with E-state index in [1.165, 1.54) is 6.07 Å². The zero-order valence-electron chi connectivity index (χ0n) is 14.4. The number of alkyl halides is 3. The maximum absolute atomic E-state index is 12.7. The number of halogens is 3. The second kappa shape index (κ2) is 8.03. The SMILES string of the molecule is CCc1cccc(CC)c1NC(=O)C(=O)Nc1cccc(C(F)(F)F)c1. The normalized spacial score (nSPS) is 11.1. The van der Waals surface area contributed by atoms with Gasteiger partial charge in [0.05, 0.1) is 5.56 Å². The van der Waals surface area contributed by atoms with Crippen molar-refractivity contribution in [2.75, 3.05) is 10.6 Å². The molecule has 0 saturated carbocycles. The van der Waals surface area contributed by atoms with E-state index in [1.807, 2.05) is 32.0 Å². The Labute approximate surface area is 149 Å². The van der Waals surface area contributed by atoms with Gasteiger partial charge in [-0.15, -0.1) is 0 Å². The molecule has 0 aliphatic rings. The molecule has 0 fully saturated rings. The van der Waals surface area contributed by atoms with Crippen molar-refractivity contribution in [2.24, 2.45) is 0 Å². The second-order valence-corrected chi connectivity index (χ2v) is 5.65. The summed E-state index contributed by atoms with van der Waals surface area (Å²) in [4.78, 5) is 24.3. The Kier molecular flexibility index (Phi) is 6.02. The van der Waals surface area contributed by atoms with Gasteiger partial charge in [-0.3, -0.25) is 9.59 Å². The van der Waals surface area contributed by atoms with Gasteiger partial charge in [0.25, 0.3) is 0 Å². The minimum Gasteiger partial charge on any atom is -0.318 e. The van der Waals surface area contributed by atoms with Crippen LogP contribution in [0.3, 0.4) is 0 Å². The standard InChI is InChI=1S/C19H19F3N2O2/c1-3-12-7-5-8-13(4-2)16(12)24-18(26)17(25)23-15-10-6-9-14(11-15)19(20,21)22/h5-11H,3-4H2,1-2H3,(H,23,25)(H,24,26). The molecule has 2 amide bonds. The molecule has 2 rings (SSSR count). The summed E-state index contributed by atoms with van der Waals surface area (Å²) in [6, 6.07) is 9.69. The molecular weight excluding hydrogens is 345 g/mol. The lowest BCUT2D eigenvalue weighted by atomic mass is 10.0. The lowest BCUT2D eigenvalue weighted by Gasteiger charge is -2.14. The van der Waals surface area contributed by atoms with Crippen LogP contribution < -0.4 is 10.6 Å². The van der Waals surface area contributed by atoms with Crippen molar-refractivity contribution in [3.8, 4) is 0 Å². The Morgan fingerprint density at radius 1 is 0.885 bits per heavy atom. The lowest BCUT2D eigenvalue weighted by Crippen LogP contribution is -2.30. The van der Waals surface area contributed by atoms with Gasteiger partial charge in [-0.2, -0.15) is 13.2 Å². The third-order valence-corrected chi connectivity index (χ3v) is 3.89.